The van der Waals surface area contributed by atoms with Crippen LogP contribution in [0.15, 0.2) is 72.8 Å². The zero-order valence-electron chi connectivity index (χ0n) is 13.6. The third-order valence-electron chi connectivity index (χ3n) is 4.32. The molecule has 0 bridgehead atoms. The van der Waals surface area contributed by atoms with Crippen molar-refractivity contribution in [3.05, 3.63) is 83.9 Å². The molecule has 0 radical (unpaired) electrons. The van der Waals surface area contributed by atoms with Gasteiger partial charge in [-0.15, -0.1) is 0 Å². The van der Waals surface area contributed by atoms with Crippen LogP contribution in [0.1, 0.15) is 20.7 Å². The van der Waals surface area contributed by atoms with E-state index in [9.17, 15) is 9.59 Å². The molecule has 4 rings (SSSR count). The Bertz CT molecular complexity index is 944. The van der Waals surface area contributed by atoms with Gasteiger partial charge in [0.15, 0.2) is 0 Å². The summed E-state index contributed by atoms with van der Waals surface area (Å²) in [5.41, 5.74) is 3.10. The van der Waals surface area contributed by atoms with E-state index in [2.05, 4.69) is 0 Å². The van der Waals surface area contributed by atoms with Crippen molar-refractivity contribution in [2.45, 2.75) is 0 Å². The van der Waals surface area contributed by atoms with Crippen LogP contribution in [0.25, 0.3) is 11.1 Å². The molecule has 0 fully saturated rings. The molecule has 3 aromatic carbocycles. The molecule has 25 heavy (non-hydrogen) atoms. The molecule has 0 saturated heterocycles. The molecular formula is C21H15NO3. The second-order valence-electron chi connectivity index (χ2n) is 5.74. The number of nitrogens with zero attached hydrogens (tertiary/aromatic N) is 1. The molecule has 4 heteroatoms. The van der Waals surface area contributed by atoms with Crippen LogP contribution >= 0.6 is 0 Å². The van der Waals surface area contributed by atoms with Gasteiger partial charge in [-0.05, 0) is 29.8 Å². The smallest absolute Gasteiger partial charge is 0.266 e. The maximum Gasteiger partial charge on any atom is 0.266 e. The fraction of sp³-hybridized carbons (Fsp3) is 0.0476. The lowest BCUT2D eigenvalue weighted by atomic mass is 10.0. The third-order valence-corrected chi connectivity index (χ3v) is 4.32. The second-order valence-corrected chi connectivity index (χ2v) is 5.74. The summed E-state index contributed by atoms with van der Waals surface area (Å²) < 4.78 is 5.30. The van der Waals surface area contributed by atoms with Crippen molar-refractivity contribution in [2.75, 3.05) is 12.0 Å². The fourth-order valence-electron chi connectivity index (χ4n) is 3.09. The number of rotatable bonds is 3. The molecular weight excluding hydrogens is 314 g/mol. The van der Waals surface area contributed by atoms with Crippen LogP contribution in [0.2, 0.25) is 0 Å². The van der Waals surface area contributed by atoms with Gasteiger partial charge in [0.2, 0.25) is 0 Å². The summed E-state index contributed by atoms with van der Waals surface area (Å²) >= 11 is 0. The Labute approximate surface area is 145 Å². The molecule has 0 unspecified atom stereocenters. The molecule has 122 valence electrons. The number of ether oxygens (including phenoxy) is 1. The number of fused-ring (bicyclic) bond motifs is 1. The molecule has 4 nitrogen and oxygen atoms in total. The minimum Gasteiger partial charge on any atom is -0.497 e. The van der Waals surface area contributed by atoms with Crippen LogP contribution in [0, 0.1) is 0 Å². The molecule has 1 aliphatic heterocycles. The summed E-state index contributed by atoms with van der Waals surface area (Å²) in [4.78, 5) is 26.9. The Morgan fingerprint density at radius 2 is 1.32 bits per heavy atom. The number of benzene rings is 3. The van der Waals surface area contributed by atoms with Crippen molar-refractivity contribution in [2.24, 2.45) is 0 Å². The number of imide groups is 1. The molecule has 0 saturated carbocycles. The maximum absolute atomic E-state index is 12.9. The molecule has 0 atom stereocenters. The first-order valence-corrected chi connectivity index (χ1v) is 7.92. The van der Waals surface area contributed by atoms with Gasteiger partial charge >= 0.3 is 0 Å². The lowest BCUT2D eigenvalue weighted by Gasteiger charge is -2.19. The maximum atomic E-state index is 12.9. The van der Waals surface area contributed by atoms with Crippen molar-refractivity contribution in [3.63, 3.8) is 0 Å². The highest BCUT2D eigenvalue weighted by Gasteiger charge is 2.37. The van der Waals surface area contributed by atoms with Crippen LogP contribution < -0.4 is 9.64 Å². The van der Waals surface area contributed by atoms with Gasteiger partial charge in [-0.25, -0.2) is 4.90 Å². The normalized spacial score (nSPS) is 13.1. The molecule has 0 spiro atoms. The SMILES string of the molecule is COc1ccc(-c2ccccc2)c(N2C(=O)c3ccccc3C2=O)c1. The number of carbonyl (C=O) groups is 2. The topological polar surface area (TPSA) is 46.6 Å². The molecule has 3 aromatic rings. The third kappa shape index (κ3) is 2.39. The molecule has 0 aliphatic carbocycles. The lowest BCUT2D eigenvalue weighted by molar-refractivity contribution is 0.0926. The van der Waals surface area contributed by atoms with E-state index in [1.807, 2.05) is 42.5 Å². The van der Waals surface area contributed by atoms with Crippen LogP contribution in [0.5, 0.6) is 5.75 Å². The van der Waals surface area contributed by atoms with Crippen molar-refractivity contribution in [3.8, 4) is 16.9 Å². The zero-order chi connectivity index (χ0) is 17.4. The van der Waals surface area contributed by atoms with E-state index in [0.717, 1.165) is 11.1 Å². The number of anilines is 1. The van der Waals surface area contributed by atoms with Crippen molar-refractivity contribution < 1.29 is 14.3 Å². The van der Waals surface area contributed by atoms with E-state index in [0.29, 0.717) is 22.6 Å². The lowest BCUT2D eigenvalue weighted by Crippen LogP contribution is -2.29. The molecule has 1 heterocycles. The quantitative estimate of drug-likeness (QED) is 0.678. The second kappa shape index (κ2) is 5.91. The molecule has 0 aromatic heterocycles. The van der Waals surface area contributed by atoms with Crippen molar-refractivity contribution in [1.29, 1.82) is 0 Å². The highest BCUT2D eigenvalue weighted by atomic mass is 16.5. The van der Waals surface area contributed by atoms with Crippen LogP contribution in [0.3, 0.4) is 0 Å². The minimum absolute atomic E-state index is 0.314. The summed E-state index contributed by atoms with van der Waals surface area (Å²) in [6.45, 7) is 0. The number of hydrogen-bond acceptors (Lipinski definition) is 3. The number of carbonyl (C=O) groups excluding carboxylic acids is 2. The first-order valence-electron chi connectivity index (χ1n) is 7.92. The van der Waals surface area contributed by atoms with Crippen LogP contribution in [-0.2, 0) is 0 Å². The highest BCUT2D eigenvalue weighted by molar-refractivity contribution is 6.35. The van der Waals surface area contributed by atoms with Crippen LogP contribution in [-0.4, -0.2) is 18.9 Å². The Balaban J connectivity index is 1.91. The summed E-state index contributed by atoms with van der Waals surface area (Å²) in [5.74, 6) is -0.0386. The number of hydrogen-bond donors (Lipinski definition) is 0. The van der Waals surface area contributed by atoms with Gasteiger partial charge in [0.1, 0.15) is 5.75 Å². The van der Waals surface area contributed by atoms with E-state index < -0.39 is 0 Å². The van der Waals surface area contributed by atoms with E-state index in [1.54, 1.807) is 37.4 Å². The van der Waals surface area contributed by atoms with Gasteiger partial charge in [0.25, 0.3) is 11.8 Å². The summed E-state index contributed by atoms with van der Waals surface area (Å²) in [6, 6.07) is 22.0. The number of methoxy groups -OCH3 is 1. The molecule has 2 amide bonds. The largest absolute Gasteiger partial charge is 0.497 e. The Morgan fingerprint density at radius 3 is 1.92 bits per heavy atom. The van der Waals surface area contributed by atoms with E-state index >= 15 is 0 Å². The summed E-state index contributed by atoms with van der Waals surface area (Å²) in [5, 5.41) is 0. The highest BCUT2D eigenvalue weighted by Crippen LogP contribution is 2.38. The predicted molar refractivity (Wildman–Crippen MR) is 96.0 cm³/mol. The van der Waals surface area contributed by atoms with Crippen molar-refractivity contribution in [1.82, 2.24) is 0 Å². The fourth-order valence-corrected chi connectivity index (χ4v) is 3.09. The van der Waals surface area contributed by atoms with Gasteiger partial charge in [0.05, 0.1) is 23.9 Å². The van der Waals surface area contributed by atoms with Crippen molar-refractivity contribution >= 4 is 17.5 Å². The van der Waals surface area contributed by atoms with E-state index in [4.69, 9.17) is 4.74 Å². The van der Waals surface area contributed by atoms with Gasteiger partial charge in [-0.1, -0.05) is 42.5 Å². The van der Waals surface area contributed by atoms with Gasteiger partial charge in [0, 0.05) is 11.6 Å². The summed E-state index contributed by atoms with van der Waals surface area (Å²) in [6.07, 6.45) is 0. The van der Waals surface area contributed by atoms with E-state index in [1.165, 1.54) is 4.90 Å². The standard InChI is InChI=1S/C21H15NO3/c1-25-15-11-12-16(14-7-3-2-4-8-14)19(13-15)22-20(23)17-9-5-6-10-18(17)21(22)24/h2-13H,1H3. The van der Waals surface area contributed by atoms with Crippen LogP contribution in [0.4, 0.5) is 5.69 Å². The molecule has 1 aliphatic rings. The van der Waals surface area contributed by atoms with Gasteiger partial charge in [-0.3, -0.25) is 9.59 Å². The zero-order valence-corrected chi connectivity index (χ0v) is 13.6. The average molecular weight is 329 g/mol. The first kappa shape index (κ1) is 15.1. The minimum atomic E-state index is -0.314. The number of amides is 2. The average Bonchev–Trinajstić information content (AvgIpc) is 2.93. The predicted octanol–water partition coefficient (Wildman–Crippen LogP) is 4.16. The summed E-state index contributed by atoms with van der Waals surface area (Å²) in [7, 11) is 1.56. The van der Waals surface area contributed by atoms with Gasteiger partial charge in [-0.2, -0.15) is 0 Å². The van der Waals surface area contributed by atoms with Gasteiger partial charge < -0.3 is 4.74 Å². The Morgan fingerprint density at radius 1 is 0.720 bits per heavy atom. The monoisotopic (exact) mass is 329 g/mol. The van der Waals surface area contributed by atoms with E-state index in [-0.39, 0.29) is 11.8 Å². The Hall–Kier alpha value is -3.40. The first-order chi connectivity index (χ1) is 12.2. The molecule has 0 N–H and O–H groups in total. The Kier molecular flexibility index (Phi) is 3.58.